The van der Waals surface area contributed by atoms with Crippen molar-refractivity contribution in [2.24, 2.45) is 0 Å². The second-order valence-corrected chi connectivity index (χ2v) is 4.27. The number of methoxy groups -OCH3 is 1. The summed E-state index contributed by atoms with van der Waals surface area (Å²) in [5.41, 5.74) is 8.60. The summed E-state index contributed by atoms with van der Waals surface area (Å²) in [5.74, 6) is -0.311. The van der Waals surface area contributed by atoms with E-state index in [9.17, 15) is 4.79 Å². The number of esters is 1. The van der Waals surface area contributed by atoms with E-state index in [0.717, 1.165) is 16.8 Å². The Morgan fingerprint density at radius 1 is 1.40 bits per heavy atom. The predicted octanol–water partition coefficient (Wildman–Crippen LogP) is 2.85. The molecule has 0 aliphatic carbocycles. The molecule has 0 unspecified atom stereocenters. The second kappa shape index (κ2) is 6.02. The normalized spacial score (nSPS) is 10.1. The van der Waals surface area contributed by atoms with Gasteiger partial charge in [-0.15, -0.1) is 6.58 Å². The van der Waals surface area contributed by atoms with E-state index in [4.69, 9.17) is 10.5 Å². The number of nitrogens with zero attached hydrogens (tertiary/aromatic N) is 1. The number of anilines is 1. The Labute approximate surface area is 117 Å². The Balaban J connectivity index is 2.67. The lowest BCUT2D eigenvalue weighted by atomic mass is 9.99. The molecule has 0 aliphatic heterocycles. The molecule has 1 aromatic carbocycles. The van der Waals surface area contributed by atoms with E-state index in [1.165, 1.54) is 7.11 Å². The molecule has 2 N–H and O–H groups in total. The van der Waals surface area contributed by atoms with Gasteiger partial charge in [0.2, 0.25) is 0 Å². The summed E-state index contributed by atoms with van der Waals surface area (Å²) in [6.07, 6.45) is 2.33. The first-order valence-electron chi connectivity index (χ1n) is 6.21. The standard InChI is InChI=1S/C16H16N2O2/c1-3-7-12-10-13(11-8-5-4-6-9-11)14(15(17)18-12)16(19)20-2/h3-6,8-10H,1,7H2,2H3,(H2,17,18). The molecule has 0 fully saturated rings. The summed E-state index contributed by atoms with van der Waals surface area (Å²) in [7, 11) is 1.33. The minimum Gasteiger partial charge on any atom is -0.465 e. The van der Waals surface area contributed by atoms with Crippen molar-refractivity contribution in [1.29, 1.82) is 0 Å². The van der Waals surface area contributed by atoms with Gasteiger partial charge in [0, 0.05) is 17.7 Å². The summed E-state index contributed by atoms with van der Waals surface area (Å²) in [4.78, 5) is 16.2. The molecule has 0 saturated heterocycles. The SMILES string of the molecule is C=CCc1cc(-c2ccccc2)c(C(=O)OC)c(N)n1. The van der Waals surface area contributed by atoms with E-state index >= 15 is 0 Å². The van der Waals surface area contributed by atoms with Gasteiger partial charge in [-0.3, -0.25) is 0 Å². The van der Waals surface area contributed by atoms with E-state index in [0.29, 0.717) is 12.0 Å². The van der Waals surface area contributed by atoms with Crippen LogP contribution in [0.15, 0.2) is 49.1 Å². The molecular formula is C16H16N2O2. The van der Waals surface area contributed by atoms with Gasteiger partial charge in [-0.05, 0) is 11.6 Å². The lowest BCUT2D eigenvalue weighted by molar-refractivity contribution is 0.0602. The Bertz CT molecular complexity index is 636. The van der Waals surface area contributed by atoms with Gasteiger partial charge in [0.25, 0.3) is 0 Å². The number of allylic oxidation sites excluding steroid dienone is 1. The number of carbonyl (C=O) groups is 1. The summed E-state index contributed by atoms with van der Waals surface area (Å²) in [6, 6.07) is 11.4. The van der Waals surface area contributed by atoms with Crippen LogP contribution in [0.3, 0.4) is 0 Å². The van der Waals surface area contributed by atoms with Gasteiger partial charge in [-0.25, -0.2) is 9.78 Å². The highest BCUT2D eigenvalue weighted by molar-refractivity contribution is 6.01. The molecular weight excluding hydrogens is 252 g/mol. The van der Waals surface area contributed by atoms with E-state index in [-0.39, 0.29) is 5.82 Å². The number of carbonyl (C=O) groups excluding carboxylic acids is 1. The maximum absolute atomic E-state index is 11.9. The van der Waals surface area contributed by atoms with Crippen LogP contribution in [-0.2, 0) is 11.2 Å². The van der Waals surface area contributed by atoms with Crippen LogP contribution in [0.2, 0.25) is 0 Å². The average molecular weight is 268 g/mol. The van der Waals surface area contributed by atoms with Crippen LogP contribution in [-0.4, -0.2) is 18.1 Å². The van der Waals surface area contributed by atoms with Crippen LogP contribution in [0.1, 0.15) is 16.1 Å². The van der Waals surface area contributed by atoms with Crippen molar-refractivity contribution < 1.29 is 9.53 Å². The summed E-state index contributed by atoms with van der Waals surface area (Å²) < 4.78 is 4.80. The quantitative estimate of drug-likeness (QED) is 0.684. The Hall–Kier alpha value is -2.62. The predicted molar refractivity (Wildman–Crippen MR) is 79.3 cm³/mol. The largest absolute Gasteiger partial charge is 0.465 e. The van der Waals surface area contributed by atoms with Gasteiger partial charge in [0.15, 0.2) is 0 Å². The molecule has 0 bridgehead atoms. The highest BCUT2D eigenvalue weighted by Gasteiger charge is 2.19. The van der Waals surface area contributed by atoms with E-state index < -0.39 is 5.97 Å². The molecule has 2 rings (SSSR count). The maximum Gasteiger partial charge on any atom is 0.342 e. The monoisotopic (exact) mass is 268 g/mol. The van der Waals surface area contributed by atoms with Crippen LogP contribution in [0, 0.1) is 0 Å². The van der Waals surface area contributed by atoms with Crippen LogP contribution < -0.4 is 5.73 Å². The first kappa shape index (κ1) is 13.8. The molecule has 0 aliphatic rings. The fraction of sp³-hybridized carbons (Fsp3) is 0.125. The topological polar surface area (TPSA) is 65.2 Å². The van der Waals surface area contributed by atoms with Gasteiger partial charge in [-0.2, -0.15) is 0 Å². The molecule has 0 atom stereocenters. The molecule has 0 spiro atoms. The highest BCUT2D eigenvalue weighted by Crippen LogP contribution is 2.28. The average Bonchev–Trinajstić information content (AvgIpc) is 2.47. The smallest absolute Gasteiger partial charge is 0.342 e. The number of ether oxygens (including phenoxy) is 1. The molecule has 0 radical (unpaired) electrons. The fourth-order valence-corrected chi connectivity index (χ4v) is 2.03. The third-order valence-electron chi connectivity index (χ3n) is 2.93. The molecule has 2 aromatic rings. The highest BCUT2D eigenvalue weighted by atomic mass is 16.5. The van der Waals surface area contributed by atoms with Crippen molar-refractivity contribution in [2.45, 2.75) is 6.42 Å². The molecule has 4 heteroatoms. The Kier molecular flexibility index (Phi) is 4.15. The van der Waals surface area contributed by atoms with Crippen LogP contribution in [0.4, 0.5) is 5.82 Å². The zero-order valence-corrected chi connectivity index (χ0v) is 11.3. The summed E-state index contributed by atoms with van der Waals surface area (Å²) in [6.45, 7) is 3.69. The molecule has 0 saturated carbocycles. The van der Waals surface area contributed by atoms with Crippen LogP contribution >= 0.6 is 0 Å². The fourth-order valence-electron chi connectivity index (χ4n) is 2.03. The zero-order chi connectivity index (χ0) is 14.5. The van der Waals surface area contributed by atoms with Crippen molar-refractivity contribution >= 4 is 11.8 Å². The zero-order valence-electron chi connectivity index (χ0n) is 11.3. The summed E-state index contributed by atoms with van der Waals surface area (Å²) >= 11 is 0. The number of nitrogen functional groups attached to an aromatic ring is 1. The first-order chi connectivity index (χ1) is 9.67. The van der Waals surface area contributed by atoms with Crippen molar-refractivity contribution in [3.8, 4) is 11.1 Å². The molecule has 1 heterocycles. The number of hydrogen-bond donors (Lipinski definition) is 1. The van der Waals surface area contributed by atoms with Crippen LogP contribution in [0.25, 0.3) is 11.1 Å². The molecule has 102 valence electrons. The van der Waals surface area contributed by atoms with Crippen molar-refractivity contribution in [3.05, 3.63) is 60.3 Å². The van der Waals surface area contributed by atoms with Gasteiger partial charge in [0.05, 0.1) is 7.11 Å². The minimum absolute atomic E-state index is 0.176. The molecule has 4 nitrogen and oxygen atoms in total. The number of nitrogens with two attached hydrogens (primary N) is 1. The Morgan fingerprint density at radius 2 is 2.10 bits per heavy atom. The van der Waals surface area contributed by atoms with Gasteiger partial charge < -0.3 is 10.5 Å². The lowest BCUT2D eigenvalue weighted by Gasteiger charge is -2.12. The van der Waals surface area contributed by atoms with E-state index in [2.05, 4.69) is 11.6 Å². The Morgan fingerprint density at radius 3 is 2.70 bits per heavy atom. The first-order valence-corrected chi connectivity index (χ1v) is 6.21. The second-order valence-electron chi connectivity index (χ2n) is 4.27. The third kappa shape index (κ3) is 2.69. The van der Waals surface area contributed by atoms with Gasteiger partial charge >= 0.3 is 5.97 Å². The lowest BCUT2D eigenvalue weighted by Crippen LogP contribution is -2.11. The van der Waals surface area contributed by atoms with Crippen LogP contribution in [0.5, 0.6) is 0 Å². The number of pyridine rings is 1. The number of rotatable bonds is 4. The van der Waals surface area contributed by atoms with Gasteiger partial charge in [0.1, 0.15) is 11.4 Å². The summed E-state index contributed by atoms with van der Waals surface area (Å²) in [5, 5.41) is 0. The minimum atomic E-state index is -0.487. The van der Waals surface area contributed by atoms with Crippen molar-refractivity contribution in [1.82, 2.24) is 4.98 Å². The van der Waals surface area contributed by atoms with E-state index in [1.807, 2.05) is 36.4 Å². The number of benzene rings is 1. The number of hydrogen-bond acceptors (Lipinski definition) is 4. The molecule has 20 heavy (non-hydrogen) atoms. The molecule has 1 aromatic heterocycles. The van der Waals surface area contributed by atoms with Crippen molar-refractivity contribution in [3.63, 3.8) is 0 Å². The van der Waals surface area contributed by atoms with Crippen molar-refractivity contribution in [2.75, 3.05) is 12.8 Å². The van der Waals surface area contributed by atoms with Gasteiger partial charge in [-0.1, -0.05) is 36.4 Å². The maximum atomic E-state index is 11.9. The number of aromatic nitrogens is 1. The third-order valence-corrected chi connectivity index (χ3v) is 2.93. The van der Waals surface area contributed by atoms with E-state index in [1.54, 1.807) is 6.08 Å². The molecule has 0 amide bonds.